The quantitative estimate of drug-likeness (QED) is 0.804. The first-order valence-corrected chi connectivity index (χ1v) is 6.08. The van der Waals surface area contributed by atoms with E-state index in [2.05, 4.69) is 19.2 Å². The van der Waals surface area contributed by atoms with E-state index < -0.39 is 0 Å². The van der Waals surface area contributed by atoms with Gasteiger partial charge in [0.1, 0.15) is 0 Å². The van der Waals surface area contributed by atoms with E-state index in [0.717, 1.165) is 6.42 Å². The van der Waals surface area contributed by atoms with Crippen LogP contribution in [0.4, 0.5) is 0 Å². The first kappa shape index (κ1) is 15.7. The van der Waals surface area contributed by atoms with Gasteiger partial charge in [0, 0.05) is 6.04 Å². The molecule has 1 fully saturated rings. The summed E-state index contributed by atoms with van der Waals surface area (Å²) in [7, 11) is 0. The Morgan fingerprint density at radius 3 is 2.31 bits per heavy atom. The molecule has 0 aromatic carbocycles. The fraction of sp³-hybridized carbons (Fsp3) is 0.917. The Balaban J connectivity index is 0.00000225. The molecule has 1 saturated carbocycles. The molecule has 1 rings (SSSR count). The SMILES string of the molecule is CC(C)C1CCCCC1NC(=O)[C@@H](C)N.Cl. The van der Waals surface area contributed by atoms with Gasteiger partial charge in [0.25, 0.3) is 0 Å². The van der Waals surface area contributed by atoms with Crippen molar-refractivity contribution in [2.75, 3.05) is 0 Å². The maximum atomic E-state index is 11.5. The van der Waals surface area contributed by atoms with Crippen molar-refractivity contribution in [2.24, 2.45) is 17.6 Å². The minimum absolute atomic E-state index is 0. The summed E-state index contributed by atoms with van der Waals surface area (Å²) in [4.78, 5) is 11.5. The van der Waals surface area contributed by atoms with Gasteiger partial charge >= 0.3 is 0 Å². The second-order valence-electron chi connectivity index (χ2n) is 5.10. The van der Waals surface area contributed by atoms with E-state index in [1.54, 1.807) is 6.92 Å². The molecule has 2 unspecified atom stereocenters. The third-order valence-electron chi connectivity index (χ3n) is 3.42. The van der Waals surface area contributed by atoms with Gasteiger partial charge in [-0.05, 0) is 31.6 Å². The fourth-order valence-electron chi connectivity index (χ4n) is 2.45. The highest BCUT2D eigenvalue weighted by molar-refractivity contribution is 5.85. The van der Waals surface area contributed by atoms with Crippen molar-refractivity contribution in [3.05, 3.63) is 0 Å². The lowest BCUT2D eigenvalue weighted by molar-refractivity contribution is -0.123. The standard InChI is InChI=1S/C12H24N2O.ClH/c1-8(2)10-6-4-5-7-11(10)14-12(15)9(3)13;/h8-11H,4-7,13H2,1-3H3,(H,14,15);1H/t9-,10?,11?;/m1./s1. The summed E-state index contributed by atoms with van der Waals surface area (Å²) in [5.74, 6) is 1.26. The molecule has 0 heterocycles. The highest BCUT2D eigenvalue weighted by Gasteiger charge is 2.28. The highest BCUT2D eigenvalue weighted by atomic mass is 35.5. The molecule has 0 aromatic rings. The van der Waals surface area contributed by atoms with E-state index >= 15 is 0 Å². The molecule has 3 nitrogen and oxygen atoms in total. The molecule has 4 heteroatoms. The molecule has 1 aliphatic rings. The first-order chi connectivity index (χ1) is 7.02. The third kappa shape index (κ3) is 4.30. The molecule has 3 atom stereocenters. The lowest BCUT2D eigenvalue weighted by Crippen LogP contribution is -2.49. The molecule has 1 amide bonds. The maximum absolute atomic E-state index is 11.5. The van der Waals surface area contributed by atoms with Crippen LogP contribution >= 0.6 is 12.4 Å². The van der Waals surface area contributed by atoms with Crippen LogP contribution < -0.4 is 11.1 Å². The van der Waals surface area contributed by atoms with E-state index in [1.807, 2.05) is 0 Å². The first-order valence-electron chi connectivity index (χ1n) is 6.08. The largest absolute Gasteiger partial charge is 0.352 e. The van der Waals surface area contributed by atoms with Crippen LogP contribution in [0, 0.1) is 11.8 Å². The number of hydrogen-bond acceptors (Lipinski definition) is 2. The molecule has 1 aliphatic carbocycles. The molecule has 0 aliphatic heterocycles. The molecular formula is C12H25ClN2O. The van der Waals surface area contributed by atoms with Gasteiger partial charge in [-0.25, -0.2) is 0 Å². The normalized spacial score (nSPS) is 27.1. The van der Waals surface area contributed by atoms with Gasteiger partial charge in [0.15, 0.2) is 0 Å². The molecule has 0 aromatic heterocycles. The second-order valence-corrected chi connectivity index (χ2v) is 5.10. The Morgan fingerprint density at radius 1 is 1.25 bits per heavy atom. The monoisotopic (exact) mass is 248 g/mol. The highest BCUT2D eigenvalue weighted by Crippen LogP contribution is 2.30. The van der Waals surface area contributed by atoms with E-state index in [-0.39, 0.29) is 24.4 Å². The van der Waals surface area contributed by atoms with Gasteiger partial charge in [0.05, 0.1) is 6.04 Å². The molecule has 96 valence electrons. The molecule has 16 heavy (non-hydrogen) atoms. The van der Waals surface area contributed by atoms with Crippen LogP contribution in [0.3, 0.4) is 0 Å². The summed E-state index contributed by atoms with van der Waals surface area (Å²) in [5.41, 5.74) is 5.56. The van der Waals surface area contributed by atoms with Crippen molar-refractivity contribution in [2.45, 2.75) is 58.5 Å². The summed E-state index contributed by atoms with van der Waals surface area (Å²) in [6.45, 7) is 6.21. The number of rotatable bonds is 3. The molecule has 0 spiro atoms. The predicted octanol–water partition coefficient (Wildman–Crippen LogP) is 2.09. The summed E-state index contributed by atoms with van der Waals surface area (Å²) >= 11 is 0. The fourth-order valence-corrected chi connectivity index (χ4v) is 2.45. The smallest absolute Gasteiger partial charge is 0.236 e. The van der Waals surface area contributed by atoms with E-state index in [1.165, 1.54) is 19.3 Å². The summed E-state index contributed by atoms with van der Waals surface area (Å²) in [6, 6.07) is -0.0445. The lowest BCUT2D eigenvalue weighted by atomic mass is 9.78. The van der Waals surface area contributed by atoms with Gasteiger partial charge in [0.2, 0.25) is 5.91 Å². The van der Waals surface area contributed by atoms with Gasteiger partial charge in [-0.15, -0.1) is 12.4 Å². The molecule has 3 N–H and O–H groups in total. The van der Waals surface area contributed by atoms with Crippen molar-refractivity contribution in [3.8, 4) is 0 Å². The van der Waals surface area contributed by atoms with Crippen molar-refractivity contribution in [3.63, 3.8) is 0 Å². The van der Waals surface area contributed by atoms with Crippen molar-refractivity contribution < 1.29 is 4.79 Å². The number of halogens is 1. The zero-order valence-electron chi connectivity index (χ0n) is 10.5. The summed E-state index contributed by atoms with van der Waals surface area (Å²) < 4.78 is 0. The Kier molecular flexibility index (Phi) is 7.00. The topological polar surface area (TPSA) is 55.1 Å². The zero-order chi connectivity index (χ0) is 11.4. The zero-order valence-corrected chi connectivity index (χ0v) is 11.3. The number of nitrogens with two attached hydrogens (primary N) is 1. The van der Waals surface area contributed by atoms with Crippen LogP contribution in [0.2, 0.25) is 0 Å². The Labute approximate surface area is 105 Å². The minimum atomic E-state index is -0.389. The van der Waals surface area contributed by atoms with E-state index in [0.29, 0.717) is 17.9 Å². The van der Waals surface area contributed by atoms with Crippen LogP contribution in [-0.2, 0) is 4.79 Å². The number of nitrogens with one attached hydrogen (secondary N) is 1. The van der Waals surface area contributed by atoms with Gasteiger partial charge < -0.3 is 11.1 Å². The second kappa shape index (κ2) is 7.13. The van der Waals surface area contributed by atoms with E-state index in [9.17, 15) is 4.79 Å². The molecular weight excluding hydrogens is 224 g/mol. The maximum Gasteiger partial charge on any atom is 0.236 e. The van der Waals surface area contributed by atoms with Crippen LogP contribution in [0.15, 0.2) is 0 Å². The Morgan fingerprint density at radius 2 is 1.81 bits per heavy atom. The average Bonchev–Trinajstić information content (AvgIpc) is 2.18. The third-order valence-corrected chi connectivity index (χ3v) is 3.42. The van der Waals surface area contributed by atoms with Crippen molar-refractivity contribution in [1.82, 2.24) is 5.32 Å². The van der Waals surface area contributed by atoms with Gasteiger partial charge in [-0.2, -0.15) is 0 Å². The number of carbonyl (C=O) groups excluding carboxylic acids is 1. The Bertz CT molecular complexity index is 219. The molecule has 0 bridgehead atoms. The van der Waals surface area contributed by atoms with E-state index in [4.69, 9.17) is 5.73 Å². The van der Waals surface area contributed by atoms with Crippen LogP contribution in [0.1, 0.15) is 46.5 Å². The summed E-state index contributed by atoms with van der Waals surface area (Å²) in [6.07, 6.45) is 4.88. The van der Waals surface area contributed by atoms with Crippen molar-refractivity contribution in [1.29, 1.82) is 0 Å². The lowest BCUT2D eigenvalue weighted by Gasteiger charge is -2.35. The van der Waals surface area contributed by atoms with Gasteiger partial charge in [-0.1, -0.05) is 26.7 Å². The van der Waals surface area contributed by atoms with Crippen LogP contribution in [0.25, 0.3) is 0 Å². The Hall–Kier alpha value is -0.280. The average molecular weight is 249 g/mol. The van der Waals surface area contributed by atoms with Crippen molar-refractivity contribution >= 4 is 18.3 Å². The minimum Gasteiger partial charge on any atom is -0.352 e. The van der Waals surface area contributed by atoms with Crippen LogP contribution in [0.5, 0.6) is 0 Å². The predicted molar refractivity (Wildman–Crippen MR) is 69.6 cm³/mol. The number of carbonyl (C=O) groups is 1. The van der Waals surface area contributed by atoms with Gasteiger partial charge in [-0.3, -0.25) is 4.79 Å². The molecule has 0 radical (unpaired) electrons. The van der Waals surface area contributed by atoms with Crippen LogP contribution in [-0.4, -0.2) is 18.0 Å². The summed E-state index contributed by atoms with van der Waals surface area (Å²) in [5, 5.41) is 3.09. The molecule has 0 saturated heterocycles. The number of hydrogen-bond donors (Lipinski definition) is 2. The number of amides is 1.